The maximum Gasteiger partial charge on any atom is 0.318 e. The SMILES string of the molecule is Cc1ccccc1-c1nnn(CC(=O)NC(N)=O)n1. The van der Waals surface area contributed by atoms with Gasteiger partial charge in [-0.25, -0.2) is 4.79 Å². The molecule has 0 bridgehead atoms. The number of nitrogens with one attached hydrogen (secondary N) is 1. The summed E-state index contributed by atoms with van der Waals surface area (Å²) in [7, 11) is 0. The minimum absolute atomic E-state index is 0.220. The molecule has 0 aliphatic heterocycles. The van der Waals surface area contributed by atoms with E-state index in [-0.39, 0.29) is 6.54 Å². The van der Waals surface area contributed by atoms with Crippen molar-refractivity contribution >= 4 is 11.9 Å². The second kappa shape index (κ2) is 5.25. The van der Waals surface area contributed by atoms with E-state index in [2.05, 4.69) is 15.4 Å². The number of aromatic nitrogens is 4. The van der Waals surface area contributed by atoms with Crippen molar-refractivity contribution in [2.24, 2.45) is 5.73 Å². The van der Waals surface area contributed by atoms with E-state index in [1.165, 1.54) is 0 Å². The zero-order valence-corrected chi connectivity index (χ0v) is 10.2. The predicted octanol–water partition coefficient (Wildman–Crippen LogP) is -0.157. The van der Waals surface area contributed by atoms with Crippen molar-refractivity contribution in [2.75, 3.05) is 0 Å². The van der Waals surface area contributed by atoms with Gasteiger partial charge in [0.2, 0.25) is 5.82 Å². The molecule has 0 radical (unpaired) electrons. The number of benzene rings is 1. The molecule has 0 saturated heterocycles. The summed E-state index contributed by atoms with van der Waals surface area (Å²) in [6, 6.07) is 6.65. The molecule has 0 fully saturated rings. The van der Waals surface area contributed by atoms with E-state index in [0.29, 0.717) is 5.82 Å². The fourth-order valence-electron chi connectivity index (χ4n) is 1.55. The second-order valence-electron chi connectivity index (χ2n) is 3.87. The molecule has 2 aromatic rings. The standard InChI is InChI=1S/C11H12N6O2/c1-7-4-2-3-5-8(7)10-14-16-17(15-10)6-9(18)13-11(12)19/h2-5H,6H2,1H3,(H3,12,13,18,19). The molecule has 0 unspecified atom stereocenters. The van der Waals surface area contributed by atoms with Crippen LogP contribution in [-0.2, 0) is 11.3 Å². The average Bonchev–Trinajstić information content (AvgIpc) is 2.76. The average molecular weight is 260 g/mol. The molecular weight excluding hydrogens is 248 g/mol. The smallest absolute Gasteiger partial charge is 0.318 e. The maximum atomic E-state index is 11.3. The zero-order chi connectivity index (χ0) is 13.8. The highest BCUT2D eigenvalue weighted by molar-refractivity contribution is 5.93. The third kappa shape index (κ3) is 3.12. The number of primary amides is 1. The van der Waals surface area contributed by atoms with E-state index in [4.69, 9.17) is 5.73 Å². The van der Waals surface area contributed by atoms with E-state index in [1.807, 2.05) is 36.5 Å². The Hall–Kier alpha value is -2.77. The number of aryl methyl sites for hydroxylation is 1. The van der Waals surface area contributed by atoms with Crippen molar-refractivity contribution in [3.05, 3.63) is 29.8 Å². The summed E-state index contributed by atoms with van der Waals surface area (Å²) in [4.78, 5) is 22.9. The van der Waals surface area contributed by atoms with Crippen LogP contribution in [0.3, 0.4) is 0 Å². The summed E-state index contributed by atoms with van der Waals surface area (Å²) < 4.78 is 0. The fraction of sp³-hybridized carbons (Fsp3) is 0.182. The zero-order valence-electron chi connectivity index (χ0n) is 10.2. The molecule has 3 N–H and O–H groups in total. The van der Waals surface area contributed by atoms with Gasteiger partial charge < -0.3 is 5.73 Å². The molecular formula is C11H12N6O2. The largest absolute Gasteiger partial charge is 0.351 e. The summed E-state index contributed by atoms with van der Waals surface area (Å²) in [5.74, 6) is -0.175. The summed E-state index contributed by atoms with van der Waals surface area (Å²) in [5, 5.41) is 13.6. The first-order chi connectivity index (χ1) is 9.06. The summed E-state index contributed by atoms with van der Waals surface area (Å²) in [6.45, 7) is 1.71. The monoisotopic (exact) mass is 260 g/mol. The lowest BCUT2D eigenvalue weighted by Crippen LogP contribution is -2.37. The highest BCUT2D eigenvalue weighted by Crippen LogP contribution is 2.17. The molecule has 98 valence electrons. The van der Waals surface area contributed by atoms with Crippen LogP contribution < -0.4 is 11.1 Å². The number of carbonyl (C=O) groups excluding carboxylic acids is 2. The van der Waals surface area contributed by atoms with Gasteiger partial charge in [-0.15, -0.1) is 10.2 Å². The van der Waals surface area contributed by atoms with Gasteiger partial charge in [0.1, 0.15) is 6.54 Å². The molecule has 0 aliphatic rings. The van der Waals surface area contributed by atoms with E-state index in [9.17, 15) is 9.59 Å². The summed E-state index contributed by atoms with van der Waals surface area (Å²) in [6.07, 6.45) is 0. The van der Waals surface area contributed by atoms with E-state index in [0.717, 1.165) is 15.9 Å². The number of urea groups is 1. The summed E-state index contributed by atoms with van der Waals surface area (Å²) >= 11 is 0. The Morgan fingerprint density at radius 2 is 2.11 bits per heavy atom. The van der Waals surface area contributed by atoms with Crippen LogP contribution in [0, 0.1) is 6.92 Å². The molecule has 19 heavy (non-hydrogen) atoms. The van der Waals surface area contributed by atoms with Crippen LogP contribution in [0.2, 0.25) is 0 Å². The molecule has 2 rings (SSSR count). The van der Waals surface area contributed by atoms with Crippen molar-refractivity contribution in [1.29, 1.82) is 0 Å². The van der Waals surface area contributed by atoms with Crippen molar-refractivity contribution in [3.8, 4) is 11.4 Å². The third-order valence-corrected chi connectivity index (χ3v) is 2.39. The molecule has 1 aromatic heterocycles. The van der Waals surface area contributed by atoms with Crippen molar-refractivity contribution in [1.82, 2.24) is 25.5 Å². The van der Waals surface area contributed by atoms with Crippen LogP contribution in [0.1, 0.15) is 5.56 Å². The van der Waals surface area contributed by atoms with E-state index in [1.54, 1.807) is 0 Å². The molecule has 3 amide bonds. The first-order valence-electron chi connectivity index (χ1n) is 5.49. The fourth-order valence-corrected chi connectivity index (χ4v) is 1.55. The van der Waals surface area contributed by atoms with Gasteiger partial charge in [0, 0.05) is 5.56 Å². The van der Waals surface area contributed by atoms with Crippen LogP contribution in [0.4, 0.5) is 4.79 Å². The van der Waals surface area contributed by atoms with Crippen molar-refractivity contribution in [2.45, 2.75) is 13.5 Å². The number of rotatable bonds is 3. The lowest BCUT2D eigenvalue weighted by Gasteiger charge is -1.99. The highest BCUT2D eigenvalue weighted by Gasteiger charge is 2.11. The lowest BCUT2D eigenvalue weighted by atomic mass is 10.1. The normalized spacial score (nSPS) is 10.2. The van der Waals surface area contributed by atoms with Gasteiger partial charge in [-0.05, 0) is 17.7 Å². The van der Waals surface area contributed by atoms with Gasteiger partial charge in [0.05, 0.1) is 0 Å². The predicted molar refractivity (Wildman–Crippen MR) is 65.7 cm³/mol. The topological polar surface area (TPSA) is 116 Å². The Labute approximate surface area is 108 Å². The first-order valence-corrected chi connectivity index (χ1v) is 5.49. The molecule has 0 spiro atoms. The number of nitrogens with zero attached hydrogens (tertiary/aromatic N) is 4. The minimum atomic E-state index is -0.913. The van der Waals surface area contributed by atoms with Gasteiger partial charge in [0.15, 0.2) is 0 Å². The van der Waals surface area contributed by atoms with Gasteiger partial charge in [-0.1, -0.05) is 24.3 Å². The number of tetrazole rings is 1. The Morgan fingerprint density at radius 1 is 1.37 bits per heavy atom. The number of hydrogen-bond acceptors (Lipinski definition) is 5. The second-order valence-corrected chi connectivity index (χ2v) is 3.87. The van der Waals surface area contributed by atoms with E-state index < -0.39 is 11.9 Å². The minimum Gasteiger partial charge on any atom is -0.351 e. The first kappa shape index (κ1) is 12.7. The number of carbonyl (C=O) groups is 2. The summed E-state index contributed by atoms with van der Waals surface area (Å²) in [5.41, 5.74) is 6.67. The third-order valence-electron chi connectivity index (χ3n) is 2.39. The molecule has 0 aliphatic carbocycles. The number of amides is 3. The molecule has 8 nitrogen and oxygen atoms in total. The number of hydrogen-bond donors (Lipinski definition) is 2. The molecule has 8 heteroatoms. The van der Waals surface area contributed by atoms with Gasteiger partial charge >= 0.3 is 6.03 Å². The highest BCUT2D eigenvalue weighted by atomic mass is 16.2. The Kier molecular flexibility index (Phi) is 3.51. The van der Waals surface area contributed by atoms with Gasteiger partial charge in [0.25, 0.3) is 5.91 Å². The molecule has 0 atom stereocenters. The van der Waals surface area contributed by atoms with Crippen LogP contribution in [-0.4, -0.2) is 32.1 Å². The lowest BCUT2D eigenvalue weighted by molar-refractivity contribution is -0.120. The molecule has 0 saturated carbocycles. The van der Waals surface area contributed by atoms with Gasteiger partial charge in [-0.2, -0.15) is 4.80 Å². The molecule has 1 aromatic carbocycles. The van der Waals surface area contributed by atoms with Gasteiger partial charge in [-0.3, -0.25) is 10.1 Å². The maximum absolute atomic E-state index is 11.3. The van der Waals surface area contributed by atoms with E-state index >= 15 is 0 Å². The number of nitrogens with two attached hydrogens (primary N) is 1. The van der Waals surface area contributed by atoms with Crippen LogP contribution >= 0.6 is 0 Å². The van der Waals surface area contributed by atoms with Crippen molar-refractivity contribution in [3.63, 3.8) is 0 Å². The Balaban J connectivity index is 2.14. The van der Waals surface area contributed by atoms with Crippen molar-refractivity contribution < 1.29 is 9.59 Å². The van der Waals surface area contributed by atoms with Crippen LogP contribution in [0.15, 0.2) is 24.3 Å². The van der Waals surface area contributed by atoms with Crippen LogP contribution in [0.25, 0.3) is 11.4 Å². The van der Waals surface area contributed by atoms with Crippen LogP contribution in [0.5, 0.6) is 0 Å². The quantitative estimate of drug-likeness (QED) is 0.795. The number of imide groups is 1. The molecule has 1 heterocycles. The Bertz CT molecular complexity index is 621. The Morgan fingerprint density at radius 3 is 2.79 bits per heavy atom.